The van der Waals surface area contributed by atoms with Crippen LogP contribution in [0.15, 0.2) is 36.7 Å². The molecule has 3 rings (SSSR count). The van der Waals surface area contributed by atoms with E-state index in [1.807, 2.05) is 30.5 Å². The van der Waals surface area contributed by atoms with Gasteiger partial charge in [-0.05, 0) is 6.07 Å². The number of hydrogen-bond donors (Lipinski definition) is 2. The van der Waals surface area contributed by atoms with Gasteiger partial charge in [-0.2, -0.15) is 10.4 Å². The van der Waals surface area contributed by atoms with Crippen LogP contribution in [0, 0.1) is 11.3 Å². The van der Waals surface area contributed by atoms with E-state index in [0.29, 0.717) is 5.56 Å². The molecule has 0 saturated carbocycles. The summed E-state index contributed by atoms with van der Waals surface area (Å²) >= 11 is 0. The summed E-state index contributed by atoms with van der Waals surface area (Å²) in [6.07, 6.45) is 3.43. The fourth-order valence-corrected chi connectivity index (χ4v) is 1.85. The number of hydrogen-bond acceptors (Lipinski definition) is 2. The third-order valence-corrected chi connectivity index (χ3v) is 2.62. The van der Waals surface area contributed by atoms with E-state index in [1.54, 1.807) is 0 Å². The Balaban J connectivity index is 2.31. The molecule has 0 aliphatic rings. The third-order valence-electron chi connectivity index (χ3n) is 2.62. The second-order valence-corrected chi connectivity index (χ2v) is 3.52. The van der Waals surface area contributed by atoms with Gasteiger partial charge in [-0.1, -0.05) is 18.2 Å². The molecule has 0 fully saturated rings. The maximum Gasteiger partial charge on any atom is 0.103 e. The quantitative estimate of drug-likeness (QED) is 0.644. The average Bonchev–Trinajstić information content (AvgIpc) is 2.94. The van der Waals surface area contributed by atoms with Gasteiger partial charge in [-0.3, -0.25) is 5.10 Å². The van der Waals surface area contributed by atoms with Crippen LogP contribution in [0.3, 0.4) is 0 Å². The van der Waals surface area contributed by atoms with Gasteiger partial charge in [0, 0.05) is 22.7 Å². The minimum Gasteiger partial charge on any atom is -0.360 e. The van der Waals surface area contributed by atoms with Crippen molar-refractivity contribution in [1.82, 2.24) is 15.2 Å². The standard InChI is InChI=1S/C12H8N4/c13-5-8-6-15-16-12(8)10-7-14-11-4-2-1-3-9(10)11/h1-4,6-7,14H,(H,15,16). The van der Waals surface area contributed by atoms with Crippen LogP contribution in [-0.4, -0.2) is 15.2 Å². The van der Waals surface area contributed by atoms with Crippen molar-refractivity contribution in [2.75, 3.05) is 0 Å². The SMILES string of the molecule is N#Cc1cn[nH]c1-c1c[nH]c2ccccc12. The van der Waals surface area contributed by atoms with Gasteiger partial charge in [-0.25, -0.2) is 0 Å². The van der Waals surface area contributed by atoms with Gasteiger partial charge in [-0.15, -0.1) is 0 Å². The first-order chi connectivity index (χ1) is 7.90. The number of aromatic nitrogens is 3. The Labute approximate surface area is 91.5 Å². The lowest BCUT2D eigenvalue weighted by Crippen LogP contribution is -1.79. The van der Waals surface area contributed by atoms with Crippen molar-refractivity contribution in [2.24, 2.45) is 0 Å². The van der Waals surface area contributed by atoms with E-state index in [2.05, 4.69) is 21.3 Å². The van der Waals surface area contributed by atoms with E-state index < -0.39 is 0 Å². The molecule has 2 heterocycles. The number of benzene rings is 1. The lowest BCUT2D eigenvalue weighted by atomic mass is 10.1. The summed E-state index contributed by atoms with van der Waals surface area (Å²) in [4.78, 5) is 3.17. The molecule has 0 unspecified atom stereocenters. The van der Waals surface area contributed by atoms with Gasteiger partial charge in [0.2, 0.25) is 0 Å². The molecule has 0 bridgehead atoms. The summed E-state index contributed by atoms with van der Waals surface area (Å²) in [6, 6.07) is 10.1. The number of fused-ring (bicyclic) bond motifs is 1. The molecule has 76 valence electrons. The van der Waals surface area contributed by atoms with Crippen LogP contribution in [0.5, 0.6) is 0 Å². The first kappa shape index (κ1) is 8.74. The number of rotatable bonds is 1. The Hall–Kier alpha value is -2.54. The number of nitrogens with one attached hydrogen (secondary N) is 2. The fourth-order valence-electron chi connectivity index (χ4n) is 1.85. The van der Waals surface area contributed by atoms with Crippen molar-refractivity contribution in [3.63, 3.8) is 0 Å². The van der Waals surface area contributed by atoms with E-state index >= 15 is 0 Å². The Morgan fingerprint density at radius 2 is 2.12 bits per heavy atom. The molecule has 1 aromatic carbocycles. The molecule has 0 spiro atoms. The summed E-state index contributed by atoms with van der Waals surface area (Å²) in [5.74, 6) is 0. The number of nitrogens with zero attached hydrogens (tertiary/aromatic N) is 2. The number of aromatic amines is 2. The Kier molecular flexibility index (Phi) is 1.77. The zero-order valence-electron chi connectivity index (χ0n) is 8.36. The maximum absolute atomic E-state index is 8.96. The van der Waals surface area contributed by atoms with Crippen molar-refractivity contribution in [1.29, 1.82) is 5.26 Å². The summed E-state index contributed by atoms with van der Waals surface area (Å²) in [6.45, 7) is 0. The second-order valence-electron chi connectivity index (χ2n) is 3.52. The van der Waals surface area contributed by atoms with Crippen LogP contribution in [0.25, 0.3) is 22.2 Å². The van der Waals surface area contributed by atoms with Crippen molar-refractivity contribution in [2.45, 2.75) is 0 Å². The van der Waals surface area contributed by atoms with Crippen molar-refractivity contribution in [3.05, 3.63) is 42.2 Å². The summed E-state index contributed by atoms with van der Waals surface area (Å²) in [5, 5.41) is 16.8. The fraction of sp³-hybridized carbons (Fsp3) is 0. The van der Waals surface area contributed by atoms with Gasteiger partial charge >= 0.3 is 0 Å². The highest BCUT2D eigenvalue weighted by Gasteiger charge is 2.11. The first-order valence-corrected chi connectivity index (χ1v) is 4.90. The van der Waals surface area contributed by atoms with Gasteiger partial charge in [0.25, 0.3) is 0 Å². The molecule has 0 amide bonds. The first-order valence-electron chi connectivity index (χ1n) is 4.90. The van der Waals surface area contributed by atoms with E-state index in [0.717, 1.165) is 22.2 Å². The highest BCUT2D eigenvalue weighted by molar-refractivity contribution is 5.95. The summed E-state index contributed by atoms with van der Waals surface area (Å²) in [7, 11) is 0. The Morgan fingerprint density at radius 3 is 3.00 bits per heavy atom. The summed E-state index contributed by atoms with van der Waals surface area (Å²) < 4.78 is 0. The molecule has 3 aromatic rings. The summed E-state index contributed by atoms with van der Waals surface area (Å²) in [5.41, 5.74) is 3.35. The monoisotopic (exact) mass is 208 g/mol. The molecular weight excluding hydrogens is 200 g/mol. The molecule has 4 heteroatoms. The van der Waals surface area contributed by atoms with Gasteiger partial charge in [0.15, 0.2) is 0 Å². The van der Waals surface area contributed by atoms with E-state index in [1.165, 1.54) is 6.20 Å². The maximum atomic E-state index is 8.96. The molecule has 0 atom stereocenters. The van der Waals surface area contributed by atoms with Crippen LogP contribution in [0.4, 0.5) is 0 Å². The zero-order valence-corrected chi connectivity index (χ0v) is 8.36. The average molecular weight is 208 g/mol. The van der Waals surface area contributed by atoms with Gasteiger partial charge in [0.1, 0.15) is 6.07 Å². The van der Waals surface area contributed by atoms with Crippen molar-refractivity contribution >= 4 is 10.9 Å². The molecule has 0 aliphatic heterocycles. The predicted octanol–water partition coefficient (Wildman–Crippen LogP) is 2.43. The largest absolute Gasteiger partial charge is 0.360 e. The van der Waals surface area contributed by atoms with Crippen LogP contribution >= 0.6 is 0 Å². The molecule has 0 radical (unpaired) electrons. The van der Waals surface area contributed by atoms with Gasteiger partial charge < -0.3 is 4.98 Å². The van der Waals surface area contributed by atoms with Gasteiger partial charge in [0.05, 0.1) is 17.5 Å². The highest BCUT2D eigenvalue weighted by Crippen LogP contribution is 2.28. The van der Waals surface area contributed by atoms with Crippen molar-refractivity contribution < 1.29 is 0 Å². The molecule has 2 aromatic heterocycles. The molecule has 2 N–H and O–H groups in total. The number of para-hydroxylation sites is 1. The van der Waals surface area contributed by atoms with E-state index in [9.17, 15) is 0 Å². The van der Waals surface area contributed by atoms with E-state index in [-0.39, 0.29) is 0 Å². The normalized spacial score (nSPS) is 10.4. The van der Waals surface area contributed by atoms with Crippen LogP contribution in [0.1, 0.15) is 5.56 Å². The highest BCUT2D eigenvalue weighted by atomic mass is 15.1. The molecule has 16 heavy (non-hydrogen) atoms. The number of H-pyrrole nitrogens is 2. The minimum absolute atomic E-state index is 0.560. The lowest BCUT2D eigenvalue weighted by Gasteiger charge is -1.95. The molecule has 0 aliphatic carbocycles. The number of nitriles is 1. The van der Waals surface area contributed by atoms with Crippen molar-refractivity contribution in [3.8, 4) is 17.3 Å². The molecular formula is C12H8N4. The molecule has 0 saturated heterocycles. The van der Waals surface area contributed by atoms with E-state index in [4.69, 9.17) is 5.26 Å². The lowest BCUT2D eigenvalue weighted by molar-refractivity contribution is 1.10. The zero-order chi connectivity index (χ0) is 11.0. The Bertz CT molecular complexity index is 684. The molecule has 4 nitrogen and oxygen atoms in total. The van der Waals surface area contributed by atoms with Crippen LogP contribution in [0.2, 0.25) is 0 Å². The minimum atomic E-state index is 0.560. The third kappa shape index (κ3) is 1.12. The van der Waals surface area contributed by atoms with Crippen LogP contribution < -0.4 is 0 Å². The predicted molar refractivity (Wildman–Crippen MR) is 60.6 cm³/mol. The Morgan fingerprint density at radius 1 is 1.25 bits per heavy atom. The second kappa shape index (κ2) is 3.24. The smallest absolute Gasteiger partial charge is 0.103 e. The van der Waals surface area contributed by atoms with Crippen LogP contribution in [-0.2, 0) is 0 Å². The topological polar surface area (TPSA) is 68.3 Å².